The Balaban J connectivity index is 1.30. The predicted molar refractivity (Wildman–Crippen MR) is 164 cm³/mol. The fraction of sp³-hybridized carbons (Fsp3) is 0.242. The Labute approximate surface area is 244 Å². The van der Waals surface area contributed by atoms with Crippen LogP contribution in [0.1, 0.15) is 30.5 Å². The Hall–Kier alpha value is -4.14. The summed E-state index contributed by atoms with van der Waals surface area (Å²) in [7, 11) is 0. The molecule has 6 rings (SSSR count). The molecule has 2 aliphatic heterocycles. The van der Waals surface area contributed by atoms with Crippen molar-refractivity contribution in [3.05, 3.63) is 107 Å². The quantitative estimate of drug-likeness (QED) is 0.249. The number of aryl methyl sites for hydroxylation is 1. The van der Waals surface area contributed by atoms with E-state index in [4.69, 9.17) is 14.6 Å². The maximum atomic E-state index is 13.0. The van der Waals surface area contributed by atoms with Gasteiger partial charge in [0.05, 0.1) is 22.8 Å². The minimum Gasteiger partial charge on any atom is -0.489 e. The lowest BCUT2D eigenvalue weighted by Crippen LogP contribution is -2.47. The van der Waals surface area contributed by atoms with Crippen LogP contribution in [0.25, 0.3) is 23.0 Å². The zero-order valence-electron chi connectivity index (χ0n) is 23.4. The van der Waals surface area contributed by atoms with Gasteiger partial charge in [0.15, 0.2) is 5.17 Å². The van der Waals surface area contributed by atoms with Gasteiger partial charge in [0.2, 0.25) is 0 Å². The fourth-order valence-electron chi connectivity index (χ4n) is 5.02. The monoisotopic (exact) mass is 564 g/mol. The summed E-state index contributed by atoms with van der Waals surface area (Å²) < 4.78 is 13.8. The van der Waals surface area contributed by atoms with Gasteiger partial charge in [-0.2, -0.15) is 10.1 Å². The van der Waals surface area contributed by atoms with Crippen LogP contribution in [0.3, 0.4) is 0 Å². The van der Waals surface area contributed by atoms with Crippen molar-refractivity contribution in [1.82, 2.24) is 14.7 Å². The Bertz CT molecular complexity index is 1600. The molecule has 2 unspecified atom stereocenters. The average Bonchev–Trinajstić information content (AvgIpc) is 3.56. The van der Waals surface area contributed by atoms with Crippen molar-refractivity contribution in [3.8, 4) is 22.7 Å². The highest BCUT2D eigenvalue weighted by Crippen LogP contribution is 2.35. The first kappa shape index (κ1) is 27.1. The number of aromatic nitrogens is 2. The normalized spacial score (nSPS) is 20.0. The third-order valence-corrected chi connectivity index (χ3v) is 8.03. The van der Waals surface area contributed by atoms with E-state index in [9.17, 15) is 4.79 Å². The number of rotatable bonds is 6. The van der Waals surface area contributed by atoms with Crippen molar-refractivity contribution >= 4 is 28.9 Å². The molecule has 1 amide bonds. The SMILES string of the molecule is Cc1ccc(COc2cccc(-c3nn(-c4ccccc4)cc3/C=C3\SC(N4CC(C)OC(C)C4)=NC3=O)c2)cc1. The van der Waals surface area contributed by atoms with Crippen molar-refractivity contribution in [2.45, 2.75) is 39.6 Å². The molecule has 0 aliphatic carbocycles. The van der Waals surface area contributed by atoms with Crippen molar-refractivity contribution < 1.29 is 14.3 Å². The third kappa shape index (κ3) is 6.29. The third-order valence-electron chi connectivity index (χ3n) is 6.98. The standard InChI is InChI=1S/C33H32N4O3S/c1-22-12-14-25(15-13-22)21-39-29-11-7-8-26(16-29)31-27(20-37(35-31)28-9-5-4-6-10-28)17-30-32(38)34-33(41-30)36-18-23(2)40-24(3)19-36/h4-17,20,23-24H,18-19,21H2,1-3H3/b30-17-. The molecule has 0 saturated carbocycles. The molecule has 4 aromatic rings. The first-order valence-electron chi connectivity index (χ1n) is 13.8. The van der Waals surface area contributed by atoms with Crippen molar-refractivity contribution in [2.75, 3.05) is 13.1 Å². The second-order valence-electron chi connectivity index (χ2n) is 10.5. The molecule has 1 fully saturated rings. The lowest BCUT2D eigenvalue weighted by Gasteiger charge is -2.35. The van der Waals surface area contributed by atoms with E-state index < -0.39 is 0 Å². The number of para-hydroxylation sites is 1. The molecule has 0 spiro atoms. The van der Waals surface area contributed by atoms with E-state index in [1.807, 2.05) is 85.4 Å². The second kappa shape index (κ2) is 11.8. The van der Waals surface area contributed by atoms with Crippen molar-refractivity contribution in [3.63, 3.8) is 0 Å². The molecule has 1 aromatic heterocycles. The van der Waals surface area contributed by atoms with Gasteiger partial charge in [-0.05, 0) is 68.4 Å². The van der Waals surface area contributed by atoms with Gasteiger partial charge in [0, 0.05) is 30.4 Å². The van der Waals surface area contributed by atoms with Gasteiger partial charge in [-0.25, -0.2) is 4.68 Å². The van der Waals surface area contributed by atoms with Crippen LogP contribution >= 0.6 is 11.8 Å². The summed E-state index contributed by atoms with van der Waals surface area (Å²) in [5.74, 6) is 0.522. The Morgan fingerprint density at radius 1 is 1.00 bits per heavy atom. The summed E-state index contributed by atoms with van der Waals surface area (Å²) >= 11 is 1.41. The molecule has 2 atom stereocenters. The number of amidine groups is 1. The van der Waals surface area contributed by atoms with Crippen LogP contribution < -0.4 is 4.74 Å². The minimum atomic E-state index is -0.231. The van der Waals surface area contributed by atoms with Gasteiger partial charge in [0.1, 0.15) is 18.1 Å². The lowest BCUT2D eigenvalue weighted by atomic mass is 10.1. The predicted octanol–water partition coefficient (Wildman–Crippen LogP) is 6.51. The van der Waals surface area contributed by atoms with Crippen LogP contribution in [0.2, 0.25) is 0 Å². The van der Waals surface area contributed by atoms with Gasteiger partial charge < -0.3 is 14.4 Å². The van der Waals surface area contributed by atoms with E-state index in [1.54, 1.807) is 0 Å². The molecule has 8 heteroatoms. The first-order chi connectivity index (χ1) is 19.9. The molecule has 208 valence electrons. The van der Waals surface area contributed by atoms with E-state index in [1.165, 1.54) is 17.3 Å². The Morgan fingerprint density at radius 2 is 1.76 bits per heavy atom. The zero-order valence-corrected chi connectivity index (χ0v) is 24.2. The minimum absolute atomic E-state index is 0.0846. The Morgan fingerprint density at radius 3 is 2.51 bits per heavy atom. The van der Waals surface area contributed by atoms with Crippen LogP contribution in [0.5, 0.6) is 5.75 Å². The fourth-order valence-corrected chi connectivity index (χ4v) is 5.95. The maximum absolute atomic E-state index is 13.0. The summed E-state index contributed by atoms with van der Waals surface area (Å²) in [6, 6.07) is 26.2. The lowest BCUT2D eigenvalue weighted by molar-refractivity contribution is -0.113. The molecule has 41 heavy (non-hydrogen) atoms. The summed E-state index contributed by atoms with van der Waals surface area (Å²) in [6.45, 7) is 8.06. The summed E-state index contributed by atoms with van der Waals surface area (Å²) in [5.41, 5.74) is 5.76. The molecule has 2 aliphatic rings. The number of nitrogens with zero attached hydrogens (tertiary/aromatic N) is 4. The molecule has 3 aromatic carbocycles. The highest BCUT2D eigenvalue weighted by molar-refractivity contribution is 8.18. The number of thioether (sulfide) groups is 1. The highest BCUT2D eigenvalue weighted by atomic mass is 32.2. The largest absolute Gasteiger partial charge is 0.489 e. The van der Waals surface area contributed by atoms with E-state index >= 15 is 0 Å². The zero-order chi connectivity index (χ0) is 28.3. The second-order valence-corrected chi connectivity index (χ2v) is 11.5. The number of hydrogen-bond donors (Lipinski definition) is 0. The molecule has 1 saturated heterocycles. The summed E-state index contributed by atoms with van der Waals surface area (Å²) in [6.07, 6.45) is 4.03. The van der Waals surface area contributed by atoms with Crippen LogP contribution in [0.15, 0.2) is 95.0 Å². The van der Waals surface area contributed by atoms with Crippen LogP contribution in [-0.4, -0.2) is 51.1 Å². The van der Waals surface area contributed by atoms with E-state index in [0.717, 1.165) is 39.0 Å². The number of carbonyl (C=O) groups excluding carboxylic acids is 1. The van der Waals surface area contributed by atoms with Gasteiger partial charge in [-0.15, -0.1) is 0 Å². The molecule has 3 heterocycles. The number of carbonyl (C=O) groups is 1. The molecule has 0 radical (unpaired) electrons. The highest BCUT2D eigenvalue weighted by Gasteiger charge is 2.31. The number of benzene rings is 3. The van der Waals surface area contributed by atoms with E-state index in [2.05, 4.69) is 41.1 Å². The summed E-state index contributed by atoms with van der Waals surface area (Å²) in [5, 5.41) is 5.68. The average molecular weight is 565 g/mol. The van der Waals surface area contributed by atoms with Gasteiger partial charge in [-0.1, -0.05) is 60.2 Å². The first-order valence-corrected chi connectivity index (χ1v) is 14.6. The maximum Gasteiger partial charge on any atom is 0.286 e. The van der Waals surface area contributed by atoms with Crippen LogP contribution in [0, 0.1) is 6.92 Å². The van der Waals surface area contributed by atoms with Gasteiger partial charge >= 0.3 is 0 Å². The molecular weight excluding hydrogens is 532 g/mol. The van der Waals surface area contributed by atoms with Gasteiger partial charge in [-0.3, -0.25) is 4.79 Å². The molecule has 7 nitrogen and oxygen atoms in total. The number of morpholine rings is 1. The van der Waals surface area contributed by atoms with Gasteiger partial charge in [0.25, 0.3) is 5.91 Å². The summed E-state index contributed by atoms with van der Waals surface area (Å²) in [4.78, 5) is 20.1. The molecule has 0 N–H and O–H groups in total. The van der Waals surface area contributed by atoms with Crippen LogP contribution in [-0.2, 0) is 16.1 Å². The smallest absolute Gasteiger partial charge is 0.286 e. The van der Waals surface area contributed by atoms with E-state index in [0.29, 0.717) is 24.6 Å². The Kier molecular flexibility index (Phi) is 7.76. The number of ether oxygens (including phenoxy) is 2. The van der Waals surface area contributed by atoms with Crippen molar-refractivity contribution in [2.24, 2.45) is 4.99 Å². The van der Waals surface area contributed by atoms with Crippen molar-refractivity contribution in [1.29, 1.82) is 0 Å². The number of amides is 1. The topological polar surface area (TPSA) is 68.9 Å². The number of aliphatic imine (C=N–C) groups is 1. The van der Waals surface area contributed by atoms with Crippen LogP contribution in [0.4, 0.5) is 0 Å². The molecule has 0 bridgehead atoms. The van der Waals surface area contributed by atoms with E-state index in [-0.39, 0.29) is 18.1 Å². The molecular formula is C33H32N4O3S. The number of hydrogen-bond acceptors (Lipinski definition) is 6.